The lowest BCUT2D eigenvalue weighted by Gasteiger charge is -2.03. The smallest absolute Gasteiger partial charge is 0.291 e. The normalized spacial score (nSPS) is 10.7. The van der Waals surface area contributed by atoms with Gasteiger partial charge in [-0.2, -0.15) is 0 Å². The van der Waals surface area contributed by atoms with Gasteiger partial charge < -0.3 is 15.5 Å². The molecular formula is C15H11FN2O2. The van der Waals surface area contributed by atoms with E-state index in [1.807, 2.05) is 0 Å². The largest absolute Gasteiger partial charge is 0.451 e. The van der Waals surface area contributed by atoms with Crippen LogP contribution < -0.4 is 11.1 Å². The van der Waals surface area contributed by atoms with E-state index in [1.165, 1.54) is 12.1 Å². The van der Waals surface area contributed by atoms with Crippen molar-refractivity contribution < 1.29 is 13.6 Å². The molecule has 1 heterocycles. The van der Waals surface area contributed by atoms with Crippen molar-refractivity contribution in [2.45, 2.75) is 0 Å². The van der Waals surface area contributed by atoms with Gasteiger partial charge in [0.05, 0.1) is 5.69 Å². The molecule has 0 aliphatic heterocycles. The summed E-state index contributed by atoms with van der Waals surface area (Å²) in [5.41, 5.74) is 6.91. The predicted octanol–water partition coefficient (Wildman–Crippen LogP) is 3.41. The molecule has 1 amide bonds. The zero-order valence-electron chi connectivity index (χ0n) is 10.4. The molecule has 0 aliphatic carbocycles. The third kappa shape index (κ3) is 2.21. The molecule has 3 aromatic rings. The molecule has 4 nitrogen and oxygen atoms in total. The van der Waals surface area contributed by atoms with Gasteiger partial charge in [0.1, 0.15) is 11.4 Å². The molecule has 0 spiro atoms. The average molecular weight is 270 g/mol. The van der Waals surface area contributed by atoms with Gasteiger partial charge in [0.15, 0.2) is 5.76 Å². The molecule has 100 valence electrons. The number of anilines is 2. The number of rotatable bonds is 2. The van der Waals surface area contributed by atoms with Crippen LogP contribution in [0.4, 0.5) is 15.8 Å². The third-order valence-corrected chi connectivity index (χ3v) is 2.89. The van der Waals surface area contributed by atoms with Crippen LogP contribution in [0, 0.1) is 5.82 Å². The van der Waals surface area contributed by atoms with Gasteiger partial charge in [-0.25, -0.2) is 4.39 Å². The van der Waals surface area contributed by atoms with Crippen LogP contribution in [0.2, 0.25) is 0 Å². The first kappa shape index (κ1) is 12.2. The molecule has 3 rings (SSSR count). The number of fused-ring (bicyclic) bond motifs is 1. The lowest BCUT2D eigenvalue weighted by molar-refractivity contribution is 0.0998. The van der Waals surface area contributed by atoms with E-state index in [0.717, 1.165) is 5.39 Å². The predicted molar refractivity (Wildman–Crippen MR) is 75.0 cm³/mol. The maximum Gasteiger partial charge on any atom is 0.291 e. The number of amides is 1. The first-order valence-corrected chi connectivity index (χ1v) is 5.98. The molecule has 1 aromatic heterocycles. The molecule has 5 heteroatoms. The van der Waals surface area contributed by atoms with Crippen LogP contribution in [0.3, 0.4) is 0 Å². The lowest BCUT2D eigenvalue weighted by atomic mass is 10.2. The topological polar surface area (TPSA) is 68.3 Å². The zero-order valence-corrected chi connectivity index (χ0v) is 10.4. The van der Waals surface area contributed by atoms with Crippen molar-refractivity contribution in [2.75, 3.05) is 11.1 Å². The van der Waals surface area contributed by atoms with Gasteiger partial charge in [-0.1, -0.05) is 12.1 Å². The number of nitrogens with two attached hydrogens (primary N) is 1. The van der Waals surface area contributed by atoms with Crippen LogP contribution in [0.25, 0.3) is 11.0 Å². The average Bonchev–Trinajstić information content (AvgIpc) is 2.84. The van der Waals surface area contributed by atoms with Crippen LogP contribution in [0.15, 0.2) is 52.9 Å². The van der Waals surface area contributed by atoms with Gasteiger partial charge in [0.2, 0.25) is 0 Å². The van der Waals surface area contributed by atoms with Crippen LogP contribution in [0.1, 0.15) is 10.6 Å². The fraction of sp³-hybridized carbons (Fsp3) is 0. The first-order valence-electron chi connectivity index (χ1n) is 5.98. The first-order chi connectivity index (χ1) is 9.63. The Hall–Kier alpha value is -2.82. The Morgan fingerprint density at radius 3 is 2.75 bits per heavy atom. The highest BCUT2D eigenvalue weighted by Gasteiger charge is 2.14. The van der Waals surface area contributed by atoms with Crippen molar-refractivity contribution in [3.8, 4) is 0 Å². The SMILES string of the molecule is Nc1ccc2oc(C(=O)Nc3ccccc3F)cc2c1. The number of carbonyl (C=O) groups excluding carboxylic acids is 1. The Kier molecular flexibility index (Phi) is 2.87. The summed E-state index contributed by atoms with van der Waals surface area (Å²) >= 11 is 0. The number of benzene rings is 2. The number of halogens is 1. The Balaban J connectivity index is 1.91. The van der Waals surface area contributed by atoms with Crippen LogP contribution in [-0.4, -0.2) is 5.91 Å². The zero-order chi connectivity index (χ0) is 14.1. The highest BCUT2D eigenvalue weighted by atomic mass is 19.1. The van der Waals surface area contributed by atoms with Crippen molar-refractivity contribution in [1.29, 1.82) is 0 Å². The molecule has 0 bridgehead atoms. The number of hydrogen-bond donors (Lipinski definition) is 2. The number of hydrogen-bond acceptors (Lipinski definition) is 3. The molecule has 0 unspecified atom stereocenters. The molecule has 2 aromatic carbocycles. The standard InChI is InChI=1S/C15H11FN2O2/c16-11-3-1-2-4-12(11)18-15(19)14-8-9-7-10(17)5-6-13(9)20-14/h1-8H,17H2,(H,18,19). The van der Waals surface area contributed by atoms with E-state index in [4.69, 9.17) is 10.2 Å². The summed E-state index contributed by atoms with van der Waals surface area (Å²) < 4.78 is 18.9. The maximum atomic E-state index is 13.5. The summed E-state index contributed by atoms with van der Waals surface area (Å²) in [4.78, 5) is 12.0. The quantitative estimate of drug-likeness (QED) is 0.701. The molecular weight excluding hydrogens is 259 g/mol. The highest BCUT2D eigenvalue weighted by molar-refractivity contribution is 6.04. The number of carbonyl (C=O) groups is 1. The minimum absolute atomic E-state index is 0.105. The maximum absolute atomic E-state index is 13.5. The van der Waals surface area contributed by atoms with Crippen molar-refractivity contribution >= 4 is 28.3 Å². The summed E-state index contributed by atoms with van der Waals surface area (Å²) in [6.07, 6.45) is 0. The molecule has 0 saturated heterocycles. The van der Waals surface area contributed by atoms with Crippen LogP contribution in [-0.2, 0) is 0 Å². The van der Waals surface area contributed by atoms with Crippen molar-refractivity contribution in [3.05, 3.63) is 60.1 Å². The molecule has 3 N–H and O–H groups in total. The van der Waals surface area contributed by atoms with Gasteiger partial charge in [-0.05, 0) is 36.4 Å². The second kappa shape index (κ2) is 4.70. The number of nitrogens with one attached hydrogen (secondary N) is 1. The van der Waals surface area contributed by atoms with Crippen molar-refractivity contribution in [2.24, 2.45) is 0 Å². The van der Waals surface area contributed by atoms with Crippen molar-refractivity contribution in [1.82, 2.24) is 0 Å². The monoisotopic (exact) mass is 270 g/mol. The number of para-hydroxylation sites is 1. The molecule has 0 fully saturated rings. The van der Waals surface area contributed by atoms with E-state index in [1.54, 1.807) is 36.4 Å². The molecule has 0 atom stereocenters. The molecule has 0 saturated carbocycles. The van der Waals surface area contributed by atoms with Crippen molar-refractivity contribution in [3.63, 3.8) is 0 Å². The Bertz CT molecular complexity index is 795. The number of nitrogen functional groups attached to an aromatic ring is 1. The molecule has 0 aliphatic rings. The van der Waals surface area contributed by atoms with Crippen LogP contribution in [0.5, 0.6) is 0 Å². The van der Waals surface area contributed by atoms with E-state index < -0.39 is 11.7 Å². The van der Waals surface area contributed by atoms with Gasteiger partial charge >= 0.3 is 0 Å². The van der Waals surface area contributed by atoms with Gasteiger partial charge in [-0.15, -0.1) is 0 Å². The summed E-state index contributed by atoms with van der Waals surface area (Å²) in [5.74, 6) is -0.903. The third-order valence-electron chi connectivity index (χ3n) is 2.89. The highest BCUT2D eigenvalue weighted by Crippen LogP contribution is 2.23. The second-order valence-electron chi connectivity index (χ2n) is 4.34. The summed E-state index contributed by atoms with van der Waals surface area (Å²) in [5, 5.41) is 3.19. The minimum atomic E-state index is -0.509. The Morgan fingerprint density at radius 2 is 1.95 bits per heavy atom. The van der Waals surface area contributed by atoms with Crippen LogP contribution >= 0.6 is 0 Å². The second-order valence-corrected chi connectivity index (χ2v) is 4.34. The van der Waals surface area contributed by atoms with Gasteiger partial charge in [0, 0.05) is 11.1 Å². The summed E-state index contributed by atoms with van der Waals surface area (Å²) in [6, 6.07) is 12.6. The Morgan fingerprint density at radius 1 is 1.15 bits per heavy atom. The Labute approximate surface area is 114 Å². The van der Waals surface area contributed by atoms with E-state index in [2.05, 4.69) is 5.32 Å². The summed E-state index contributed by atoms with van der Waals surface area (Å²) in [6.45, 7) is 0. The van der Waals surface area contributed by atoms with E-state index in [9.17, 15) is 9.18 Å². The lowest BCUT2D eigenvalue weighted by Crippen LogP contribution is -2.11. The van der Waals surface area contributed by atoms with E-state index >= 15 is 0 Å². The summed E-state index contributed by atoms with van der Waals surface area (Å²) in [7, 11) is 0. The van der Waals surface area contributed by atoms with E-state index in [0.29, 0.717) is 11.3 Å². The minimum Gasteiger partial charge on any atom is -0.451 e. The fourth-order valence-corrected chi connectivity index (χ4v) is 1.92. The van der Waals surface area contributed by atoms with E-state index in [-0.39, 0.29) is 11.4 Å². The molecule has 0 radical (unpaired) electrons. The van der Waals surface area contributed by atoms with Gasteiger partial charge in [-0.3, -0.25) is 4.79 Å². The number of furan rings is 1. The molecule has 20 heavy (non-hydrogen) atoms. The fourth-order valence-electron chi connectivity index (χ4n) is 1.92. The van der Waals surface area contributed by atoms with Gasteiger partial charge in [0.25, 0.3) is 5.91 Å².